The number of nitrogens with zero attached hydrogens (tertiary/aromatic N) is 1. The van der Waals surface area contributed by atoms with Gasteiger partial charge in [-0.15, -0.1) is 0 Å². The summed E-state index contributed by atoms with van der Waals surface area (Å²) >= 11 is 0. The Labute approximate surface area is 213 Å². The number of carbonyl (C=O) groups excluding carboxylic acids is 3. The molecule has 1 fully saturated rings. The van der Waals surface area contributed by atoms with Crippen LogP contribution in [0.1, 0.15) is 23.2 Å². The first-order valence-corrected chi connectivity index (χ1v) is 13.4. The normalized spacial score (nSPS) is 15.2. The summed E-state index contributed by atoms with van der Waals surface area (Å²) in [5.74, 6) is -1.42. The Hall–Kier alpha value is -4.38. The van der Waals surface area contributed by atoms with Crippen LogP contribution in [0, 0.1) is 5.41 Å². The van der Waals surface area contributed by atoms with Gasteiger partial charge in [-0.25, -0.2) is 8.42 Å². The van der Waals surface area contributed by atoms with Crippen LogP contribution in [0.3, 0.4) is 0 Å². The van der Waals surface area contributed by atoms with Crippen LogP contribution in [0.25, 0.3) is 11.1 Å². The van der Waals surface area contributed by atoms with Crippen LogP contribution in [0.2, 0.25) is 0 Å². The lowest BCUT2D eigenvalue weighted by molar-refractivity contribution is -0.132. The fourth-order valence-electron chi connectivity index (χ4n) is 4.31. The Morgan fingerprint density at radius 3 is 2.35 bits per heavy atom. The Balaban J connectivity index is 1.50. The molecule has 5 N–H and O–H groups in total. The molecule has 37 heavy (non-hydrogen) atoms. The van der Waals surface area contributed by atoms with Gasteiger partial charge in [0.2, 0.25) is 21.8 Å². The second-order valence-electron chi connectivity index (χ2n) is 9.25. The van der Waals surface area contributed by atoms with Crippen LogP contribution in [0.5, 0.6) is 0 Å². The van der Waals surface area contributed by atoms with Gasteiger partial charge in [-0.05, 0) is 54.8 Å². The number of anilines is 5. The van der Waals surface area contributed by atoms with E-state index < -0.39 is 27.3 Å². The molecule has 1 aliphatic carbocycles. The van der Waals surface area contributed by atoms with Gasteiger partial charge in [0.15, 0.2) is 0 Å². The predicted octanol–water partition coefficient (Wildman–Crippen LogP) is 3.26. The van der Waals surface area contributed by atoms with Crippen molar-refractivity contribution in [3.05, 3.63) is 66.2 Å². The molecule has 1 saturated carbocycles. The molecule has 0 saturated heterocycles. The van der Waals surface area contributed by atoms with E-state index in [0.29, 0.717) is 58.0 Å². The maximum absolute atomic E-state index is 12.9. The van der Waals surface area contributed by atoms with Crippen LogP contribution >= 0.6 is 0 Å². The summed E-state index contributed by atoms with van der Waals surface area (Å²) in [4.78, 5) is 37.3. The molecule has 5 rings (SSSR count). The molecule has 3 aromatic rings. The lowest BCUT2D eigenvalue weighted by Gasteiger charge is -2.21. The highest BCUT2D eigenvalue weighted by atomic mass is 32.2. The molecule has 1 aliphatic heterocycles. The van der Waals surface area contributed by atoms with E-state index in [1.54, 1.807) is 48.5 Å². The van der Waals surface area contributed by atoms with E-state index in [9.17, 15) is 22.8 Å². The number of sulfonamides is 1. The fourth-order valence-corrected chi connectivity index (χ4v) is 4.83. The topological polar surface area (TPSA) is 151 Å². The van der Waals surface area contributed by atoms with Crippen molar-refractivity contribution in [2.75, 3.05) is 33.6 Å². The van der Waals surface area contributed by atoms with Gasteiger partial charge in [0.1, 0.15) is 5.41 Å². The Bertz CT molecular complexity index is 1580. The number of rotatable bonds is 6. The minimum atomic E-state index is -3.49. The number of carbonyl (C=O) groups is 3. The number of amides is 3. The molecule has 11 heteroatoms. The zero-order chi connectivity index (χ0) is 26.5. The summed E-state index contributed by atoms with van der Waals surface area (Å²) in [6, 6.07) is 17.2. The SMILES string of the molecule is CN(c1ccccc1-c1ccc2c(c1)Nc1cc(NC(=O)C3(C(N)=O)CC3)ccc1NC2=O)S(C)(=O)=O. The average molecular weight is 520 g/mol. The minimum Gasteiger partial charge on any atom is -0.369 e. The molecule has 0 bridgehead atoms. The predicted molar refractivity (Wildman–Crippen MR) is 142 cm³/mol. The molecule has 3 amide bonds. The van der Waals surface area contributed by atoms with E-state index in [1.807, 2.05) is 12.1 Å². The maximum Gasteiger partial charge on any atom is 0.257 e. The van der Waals surface area contributed by atoms with E-state index in [1.165, 1.54) is 11.4 Å². The van der Waals surface area contributed by atoms with Crippen LogP contribution in [-0.2, 0) is 19.6 Å². The summed E-state index contributed by atoms with van der Waals surface area (Å²) < 4.78 is 25.6. The van der Waals surface area contributed by atoms with Gasteiger partial charge >= 0.3 is 0 Å². The van der Waals surface area contributed by atoms with Crippen molar-refractivity contribution in [3.63, 3.8) is 0 Å². The molecular weight excluding hydrogens is 494 g/mol. The number of hydrogen-bond donors (Lipinski definition) is 4. The maximum atomic E-state index is 12.9. The average Bonchev–Trinajstić information content (AvgIpc) is 3.68. The quantitative estimate of drug-likeness (QED) is 0.367. The molecule has 2 aliphatic rings. The first-order chi connectivity index (χ1) is 17.5. The monoisotopic (exact) mass is 519 g/mol. The van der Waals surface area contributed by atoms with Crippen molar-refractivity contribution in [2.45, 2.75) is 12.8 Å². The number of primary amides is 1. The molecular formula is C26H25N5O5S. The van der Waals surface area contributed by atoms with Gasteiger partial charge < -0.3 is 21.7 Å². The summed E-state index contributed by atoms with van der Waals surface area (Å²) in [5, 5.41) is 8.86. The Morgan fingerprint density at radius 2 is 1.68 bits per heavy atom. The van der Waals surface area contributed by atoms with Gasteiger partial charge in [-0.2, -0.15) is 0 Å². The lowest BCUT2D eigenvalue weighted by Crippen LogP contribution is -2.36. The number of hydrogen-bond acceptors (Lipinski definition) is 6. The minimum absolute atomic E-state index is 0.322. The number of nitrogens with one attached hydrogen (secondary N) is 3. The van der Waals surface area contributed by atoms with Crippen LogP contribution in [0.15, 0.2) is 60.7 Å². The van der Waals surface area contributed by atoms with Crippen molar-refractivity contribution in [1.82, 2.24) is 0 Å². The summed E-state index contributed by atoms with van der Waals surface area (Å²) in [6.45, 7) is 0. The first kappa shape index (κ1) is 24.3. The second-order valence-corrected chi connectivity index (χ2v) is 11.3. The van der Waals surface area contributed by atoms with Crippen molar-refractivity contribution < 1.29 is 22.8 Å². The molecule has 190 valence electrons. The standard InChI is InChI=1S/C26H25N5O5S/c1-31(37(2,35)36)22-6-4-3-5-17(22)15-7-9-18-20(13-15)29-21-14-16(8-10-19(21)30-23(18)32)28-25(34)26(11-12-26)24(27)33/h3-10,13-14,29H,11-12H2,1-2H3,(H2,27,33)(H,28,34)(H,30,32). The highest BCUT2D eigenvalue weighted by Gasteiger charge is 2.55. The lowest BCUT2D eigenvalue weighted by atomic mass is 10.0. The van der Waals surface area contributed by atoms with Crippen molar-refractivity contribution in [2.24, 2.45) is 11.1 Å². The van der Waals surface area contributed by atoms with E-state index in [4.69, 9.17) is 5.73 Å². The van der Waals surface area contributed by atoms with Gasteiger partial charge in [0.05, 0.1) is 34.6 Å². The number of fused-ring (bicyclic) bond motifs is 2. The number of nitrogens with two attached hydrogens (primary N) is 1. The Kier molecular flexibility index (Phi) is 5.67. The third-order valence-corrected chi connectivity index (χ3v) is 7.96. The third-order valence-electron chi connectivity index (χ3n) is 6.77. The second kappa shape index (κ2) is 8.63. The molecule has 0 radical (unpaired) electrons. The van der Waals surface area contributed by atoms with Gasteiger partial charge in [-0.3, -0.25) is 18.7 Å². The Morgan fingerprint density at radius 1 is 0.946 bits per heavy atom. The van der Waals surface area contributed by atoms with Gasteiger partial charge in [0.25, 0.3) is 5.91 Å². The zero-order valence-electron chi connectivity index (χ0n) is 20.2. The highest BCUT2D eigenvalue weighted by molar-refractivity contribution is 7.92. The van der Waals surface area contributed by atoms with Crippen LogP contribution < -0.4 is 26.0 Å². The first-order valence-electron chi connectivity index (χ1n) is 11.5. The van der Waals surface area contributed by atoms with E-state index >= 15 is 0 Å². The highest BCUT2D eigenvalue weighted by Crippen LogP contribution is 2.46. The van der Waals surface area contributed by atoms with E-state index in [0.717, 1.165) is 6.26 Å². The smallest absolute Gasteiger partial charge is 0.257 e. The molecule has 10 nitrogen and oxygen atoms in total. The summed E-state index contributed by atoms with van der Waals surface area (Å²) in [7, 11) is -2.01. The molecule has 0 aromatic heterocycles. The van der Waals surface area contributed by atoms with E-state index in [-0.39, 0.29) is 5.91 Å². The largest absolute Gasteiger partial charge is 0.369 e. The summed E-state index contributed by atoms with van der Waals surface area (Å²) in [6.07, 6.45) is 1.97. The molecule has 1 heterocycles. The molecule has 0 unspecified atom stereocenters. The molecule has 0 spiro atoms. The molecule has 0 atom stereocenters. The van der Waals surface area contributed by atoms with Gasteiger partial charge in [0, 0.05) is 18.3 Å². The van der Waals surface area contributed by atoms with Gasteiger partial charge in [-0.1, -0.05) is 24.3 Å². The van der Waals surface area contributed by atoms with Crippen molar-refractivity contribution in [3.8, 4) is 11.1 Å². The van der Waals surface area contributed by atoms with Crippen LogP contribution in [-0.4, -0.2) is 39.4 Å². The third kappa shape index (κ3) is 4.38. The molecule has 3 aromatic carbocycles. The van der Waals surface area contributed by atoms with E-state index in [2.05, 4.69) is 16.0 Å². The number of benzene rings is 3. The number of para-hydroxylation sites is 1. The van der Waals surface area contributed by atoms with Crippen LogP contribution in [0.4, 0.5) is 28.4 Å². The van der Waals surface area contributed by atoms with Crippen molar-refractivity contribution in [1.29, 1.82) is 0 Å². The summed E-state index contributed by atoms with van der Waals surface area (Å²) in [5.41, 5.74) is 8.50. The van der Waals surface area contributed by atoms with Crippen molar-refractivity contribution >= 4 is 56.2 Å². The zero-order valence-corrected chi connectivity index (χ0v) is 21.0. The fraction of sp³-hybridized carbons (Fsp3) is 0.192.